The molecular weight excluding hydrogens is 236 g/mol. The molecule has 2 rings (SSSR count). The van der Waals surface area contributed by atoms with E-state index in [0.717, 1.165) is 5.56 Å². The monoisotopic (exact) mass is 246 g/mol. The largest absolute Gasteiger partial charge is 0.293 e. The van der Waals surface area contributed by atoms with Crippen LogP contribution < -0.4 is 0 Å². The maximum Gasteiger partial charge on any atom is 0.269 e. The van der Waals surface area contributed by atoms with Crippen LogP contribution in [0.15, 0.2) is 30.5 Å². The molecule has 0 aliphatic heterocycles. The lowest BCUT2D eigenvalue weighted by molar-refractivity contribution is -0.384. The minimum Gasteiger partial charge on any atom is -0.293 e. The second-order valence-corrected chi connectivity index (χ2v) is 3.78. The molecule has 1 aromatic carbocycles. The van der Waals surface area contributed by atoms with Gasteiger partial charge < -0.3 is 0 Å². The summed E-state index contributed by atoms with van der Waals surface area (Å²) >= 11 is 0. The highest BCUT2D eigenvalue weighted by molar-refractivity contribution is 5.91. The molecule has 0 unspecified atom stereocenters. The molecule has 0 aliphatic rings. The van der Waals surface area contributed by atoms with E-state index in [1.807, 2.05) is 0 Å². The Labute approximate surface area is 102 Å². The molecule has 0 N–H and O–H groups in total. The molecule has 0 atom stereocenters. The van der Waals surface area contributed by atoms with Gasteiger partial charge in [-0.1, -0.05) is 17.3 Å². The summed E-state index contributed by atoms with van der Waals surface area (Å²) in [6, 6.07) is 6.15. The van der Waals surface area contributed by atoms with Gasteiger partial charge in [0.25, 0.3) is 5.69 Å². The van der Waals surface area contributed by atoms with E-state index in [2.05, 4.69) is 10.3 Å². The Morgan fingerprint density at radius 3 is 2.56 bits per heavy atom. The molecule has 0 amide bonds. The van der Waals surface area contributed by atoms with Crippen LogP contribution in [0, 0.1) is 10.1 Å². The first-order valence-electron chi connectivity index (χ1n) is 5.20. The normalized spacial score (nSPS) is 10.3. The van der Waals surface area contributed by atoms with Crippen LogP contribution >= 0.6 is 0 Å². The van der Waals surface area contributed by atoms with Crippen LogP contribution in [0.25, 0.3) is 0 Å². The first-order valence-corrected chi connectivity index (χ1v) is 5.20. The van der Waals surface area contributed by atoms with Crippen LogP contribution in [0.3, 0.4) is 0 Å². The molecular formula is C11H10N4O3. The van der Waals surface area contributed by atoms with Gasteiger partial charge in [0.05, 0.1) is 17.7 Å². The highest BCUT2D eigenvalue weighted by Crippen LogP contribution is 2.12. The molecule has 0 fully saturated rings. The Kier molecular flexibility index (Phi) is 3.13. The maximum atomic E-state index is 11.0. The van der Waals surface area contributed by atoms with Gasteiger partial charge in [-0.2, -0.15) is 0 Å². The Hall–Kier alpha value is -2.57. The van der Waals surface area contributed by atoms with E-state index in [-0.39, 0.29) is 11.5 Å². The molecule has 1 heterocycles. The number of non-ortho nitro benzene ring substituents is 1. The van der Waals surface area contributed by atoms with E-state index in [9.17, 15) is 14.9 Å². The van der Waals surface area contributed by atoms with E-state index in [0.29, 0.717) is 12.2 Å². The van der Waals surface area contributed by atoms with E-state index in [1.165, 1.54) is 23.7 Å². The van der Waals surface area contributed by atoms with Gasteiger partial charge in [-0.15, -0.1) is 5.10 Å². The van der Waals surface area contributed by atoms with Crippen molar-refractivity contribution in [1.29, 1.82) is 0 Å². The number of nitro benzene ring substituents is 1. The number of ketones is 1. The van der Waals surface area contributed by atoms with Gasteiger partial charge in [-0.3, -0.25) is 14.9 Å². The number of hydrogen-bond acceptors (Lipinski definition) is 5. The number of Topliss-reactive ketones (excluding diaryl/α,β-unsaturated/α-hetero) is 1. The van der Waals surface area contributed by atoms with Gasteiger partial charge in [0.15, 0.2) is 5.78 Å². The first kappa shape index (κ1) is 11.9. The summed E-state index contributed by atoms with van der Waals surface area (Å²) in [6.07, 6.45) is 1.55. The standard InChI is InChI=1S/C11H10N4O3/c1-8(16)11-7-14(13-12-11)6-9-2-4-10(5-3-9)15(17)18/h2-5,7H,6H2,1H3. The van der Waals surface area contributed by atoms with Gasteiger partial charge in [-0.25, -0.2) is 4.68 Å². The van der Waals surface area contributed by atoms with E-state index in [4.69, 9.17) is 0 Å². The number of rotatable bonds is 4. The number of nitro groups is 1. The number of carbonyl (C=O) groups excluding carboxylic acids is 1. The Morgan fingerprint density at radius 1 is 1.39 bits per heavy atom. The fourth-order valence-corrected chi connectivity index (χ4v) is 1.45. The maximum absolute atomic E-state index is 11.0. The molecule has 1 aromatic heterocycles. The zero-order valence-corrected chi connectivity index (χ0v) is 9.61. The van der Waals surface area contributed by atoms with Crippen LogP contribution in [0.4, 0.5) is 5.69 Å². The fourth-order valence-electron chi connectivity index (χ4n) is 1.45. The average Bonchev–Trinajstić information content (AvgIpc) is 2.78. The summed E-state index contributed by atoms with van der Waals surface area (Å²) in [5.41, 5.74) is 1.19. The van der Waals surface area contributed by atoms with Crippen molar-refractivity contribution in [3.8, 4) is 0 Å². The van der Waals surface area contributed by atoms with Crippen molar-refractivity contribution in [3.63, 3.8) is 0 Å². The smallest absolute Gasteiger partial charge is 0.269 e. The third-order valence-electron chi connectivity index (χ3n) is 2.39. The van der Waals surface area contributed by atoms with Crippen molar-refractivity contribution < 1.29 is 9.72 Å². The van der Waals surface area contributed by atoms with Crippen LogP contribution in [-0.2, 0) is 6.54 Å². The first-order chi connectivity index (χ1) is 8.56. The van der Waals surface area contributed by atoms with Gasteiger partial charge in [0.1, 0.15) is 5.69 Å². The zero-order valence-electron chi connectivity index (χ0n) is 9.61. The summed E-state index contributed by atoms with van der Waals surface area (Å²) < 4.78 is 1.51. The highest BCUT2D eigenvalue weighted by atomic mass is 16.6. The second kappa shape index (κ2) is 4.74. The van der Waals surface area contributed by atoms with Crippen molar-refractivity contribution in [3.05, 3.63) is 51.8 Å². The molecule has 92 valence electrons. The Bertz CT molecular complexity index is 589. The third kappa shape index (κ3) is 2.57. The summed E-state index contributed by atoms with van der Waals surface area (Å²) in [4.78, 5) is 21.1. The molecule has 18 heavy (non-hydrogen) atoms. The zero-order chi connectivity index (χ0) is 13.1. The van der Waals surface area contributed by atoms with Crippen molar-refractivity contribution in [2.45, 2.75) is 13.5 Å². The van der Waals surface area contributed by atoms with Crippen molar-refractivity contribution in [2.75, 3.05) is 0 Å². The average molecular weight is 246 g/mol. The van der Waals surface area contributed by atoms with Crippen LogP contribution in [0.1, 0.15) is 23.0 Å². The van der Waals surface area contributed by atoms with Gasteiger partial charge in [-0.05, 0) is 5.56 Å². The Balaban J connectivity index is 2.13. The van der Waals surface area contributed by atoms with E-state index >= 15 is 0 Å². The predicted octanol–water partition coefficient (Wildman–Crippen LogP) is 1.44. The minimum atomic E-state index is -0.451. The number of nitrogens with zero attached hydrogens (tertiary/aromatic N) is 4. The molecule has 0 aliphatic carbocycles. The van der Waals surface area contributed by atoms with Crippen molar-refractivity contribution in [2.24, 2.45) is 0 Å². The highest BCUT2D eigenvalue weighted by Gasteiger charge is 2.07. The molecule has 0 bridgehead atoms. The summed E-state index contributed by atoms with van der Waals surface area (Å²) in [7, 11) is 0. The molecule has 0 radical (unpaired) electrons. The number of benzene rings is 1. The number of aromatic nitrogens is 3. The van der Waals surface area contributed by atoms with Crippen LogP contribution in [0.5, 0.6) is 0 Å². The van der Waals surface area contributed by atoms with Crippen LogP contribution in [-0.4, -0.2) is 25.7 Å². The third-order valence-corrected chi connectivity index (χ3v) is 2.39. The predicted molar refractivity (Wildman–Crippen MR) is 62.2 cm³/mol. The summed E-state index contributed by atoms with van der Waals surface area (Å²) in [5.74, 6) is -0.148. The molecule has 7 heteroatoms. The number of hydrogen-bond donors (Lipinski definition) is 0. The minimum absolute atomic E-state index is 0.0433. The molecule has 0 saturated heterocycles. The lowest BCUT2D eigenvalue weighted by Crippen LogP contribution is -2.00. The summed E-state index contributed by atoms with van der Waals surface area (Å²) in [5, 5.41) is 18.0. The SMILES string of the molecule is CC(=O)c1cn(Cc2ccc([N+](=O)[O-])cc2)nn1. The lowest BCUT2D eigenvalue weighted by Gasteiger charge is -2.00. The molecule has 7 nitrogen and oxygen atoms in total. The van der Waals surface area contributed by atoms with Gasteiger partial charge in [0, 0.05) is 19.1 Å². The summed E-state index contributed by atoms with van der Waals surface area (Å²) in [6.45, 7) is 1.83. The van der Waals surface area contributed by atoms with E-state index in [1.54, 1.807) is 18.3 Å². The topological polar surface area (TPSA) is 90.9 Å². The Morgan fingerprint density at radius 2 is 2.06 bits per heavy atom. The van der Waals surface area contributed by atoms with Crippen molar-refractivity contribution in [1.82, 2.24) is 15.0 Å². The molecule has 0 saturated carbocycles. The van der Waals surface area contributed by atoms with Crippen LogP contribution in [0.2, 0.25) is 0 Å². The number of carbonyl (C=O) groups is 1. The quantitative estimate of drug-likeness (QED) is 0.462. The lowest BCUT2D eigenvalue weighted by atomic mass is 10.2. The molecule has 0 spiro atoms. The second-order valence-electron chi connectivity index (χ2n) is 3.78. The van der Waals surface area contributed by atoms with Gasteiger partial charge >= 0.3 is 0 Å². The van der Waals surface area contributed by atoms with Gasteiger partial charge in [0.2, 0.25) is 0 Å². The molecule has 2 aromatic rings. The van der Waals surface area contributed by atoms with Crippen molar-refractivity contribution >= 4 is 11.5 Å². The fraction of sp³-hybridized carbons (Fsp3) is 0.182. The van der Waals surface area contributed by atoms with E-state index < -0.39 is 4.92 Å².